The molecule has 1 fully saturated rings. The Balaban J connectivity index is 1.94. The summed E-state index contributed by atoms with van der Waals surface area (Å²) in [6, 6.07) is 6.85. The second kappa shape index (κ2) is 6.56. The van der Waals surface area contributed by atoms with Gasteiger partial charge in [0.2, 0.25) is 0 Å². The molecular weight excluding hydrogens is 239 g/mol. The maximum absolute atomic E-state index is 13.1. The van der Waals surface area contributed by atoms with Crippen molar-refractivity contribution >= 4 is 5.69 Å². The molecule has 19 heavy (non-hydrogen) atoms. The molecule has 102 valence electrons. The lowest BCUT2D eigenvalue weighted by atomic mass is 9.83. The topological polar surface area (TPSA) is 35.8 Å². The Morgan fingerprint density at radius 2 is 2.05 bits per heavy atom. The van der Waals surface area contributed by atoms with Gasteiger partial charge >= 0.3 is 0 Å². The lowest BCUT2D eigenvalue weighted by Gasteiger charge is -2.29. The second-order valence-corrected chi connectivity index (χ2v) is 5.45. The fourth-order valence-corrected chi connectivity index (χ4v) is 2.96. The van der Waals surface area contributed by atoms with Crippen LogP contribution in [0.3, 0.4) is 0 Å². The third kappa shape index (κ3) is 3.70. The number of halogens is 1. The van der Waals surface area contributed by atoms with E-state index in [1.165, 1.54) is 37.8 Å². The summed E-state index contributed by atoms with van der Waals surface area (Å²) in [6.07, 6.45) is 7.40. The molecule has 0 unspecified atom stereocenters. The molecule has 0 atom stereocenters. The lowest BCUT2D eigenvalue weighted by molar-refractivity contribution is 0.319. The van der Waals surface area contributed by atoms with Crippen LogP contribution in [-0.2, 0) is 0 Å². The fraction of sp³-hybridized carbons (Fsp3) is 0.562. The molecule has 2 nitrogen and oxygen atoms in total. The van der Waals surface area contributed by atoms with Gasteiger partial charge in [-0.15, -0.1) is 0 Å². The van der Waals surface area contributed by atoms with Gasteiger partial charge in [-0.3, -0.25) is 0 Å². The van der Waals surface area contributed by atoms with E-state index in [1.807, 2.05) is 0 Å². The Labute approximate surface area is 114 Å². The quantitative estimate of drug-likeness (QED) is 0.867. The molecule has 0 aliphatic heterocycles. The van der Waals surface area contributed by atoms with Crippen LogP contribution in [0, 0.1) is 23.1 Å². The van der Waals surface area contributed by atoms with Crippen LogP contribution in [0.15, 0.2) is 18.2 Å². The predicted octanol–water partition coefficient (Wildman–Crippen LogP) is 4.47. The Bertz CT molecular complexity index is 456. The van der Waals surface area contributed by atoms with Crippen molar-refractivity contribution in [1.82, 2.24) is 0 Å². The van der Waals surface area contributed by atoms with Gasteiger partial charge in [-0.1, -0.05) is 19.8 Å². The fourth-order valence-electron chi connectivity index (χ4n) is 2.96. The molecule has 0 spiro atoms. The molecule has 0 aromatic heterocycles. The average molecular weight is 260 g/mol. The van der Waals surface area contributed by atoms with Crippen LogP contribution in [-0.4, -0.2) is 6.04 Å². The molecule has 0 bridgehead atoms. The lowest BCUT2D eigenvalue weighted by Crippen LogP contribution is -2.26. The number of nitrogens with one attached hydrogen (secondary N) is 1. The van der Waals surface area contributed by atoms with Gasteiger partial charge in [-0.2, -0.15) is 5.26 Å². The van der Waals surface area contributed by atoms with Gasteiger partial charge in [0, 0.05) is 6.04 Å². The zero-order valence-electron chi connectivity index (χ0n) is 11.5. The molecule has 1 aromatic rings. The summed E-state index contributed by atoms with van der Waals surface area (Å²) in [4.78, 5) is 0. The number of nitrogens with zero attached hydrogens (tertiary/aromatic N) is 1. The van der Waals surface area contributed by atoms with Gasteiger partial charge in [0.15, 0.2) is 0 Å². The van der Waals surface area contributed by atoms with Gasteiger partial charge < -0.3 is 5.32 Å². The minimum absolute atomic E-state index is 0.353. The SMILES string of the molecule is CCCC1CCC(Nc2ccc(F)cc2C#N)CC1. The summed E-state index contributed by atoms with van der Waals surface area (Å²) in [5.74, 6) is 0.514. The molecule has 0 radical (unpaired) electrons. The van der Waals surface area contributed by atoms with Crippen LogP contribution in [0.5, 0.6) is 0 Å². The van der Waals surface area contributed by atoms with E-state index in [-0.39, 0.29) is 5.82 Å². The molecule has 1 N–H and O–H groups in total. The van der Waals surface area contributed by atoms with Crippen molar-refractivity contribution in [2.45, 2.75) is 51.5 Å². The Morgan fingerprint density at radius 1 is 1.32 bits per heavy atom. The van der Waals surface area contributed by atoms with E-state index >= 15 is 0 Å². The van der Waals surface area contributed by atoms with Crippen LogP contribution >= 0.6 is 0 Å². The van der Waals surface area contributed by atoms with Gasteiger partial charge in [0.1, 0.15) is 11.9 Å². The highest BCUT2D eigenvalue weighted by Crippen LogP contribution is 2.30. The van der Waals surface area contributed by atoms with E-state index in [0.29, 0.717) is 11.6 Å². The molecule has 1 aromatic carbocycles. The van der Waals surface area contributed by atoms with Crippen molar-refractivity contribution in [2.75, 3.05) is 5.32 Å². The Hall–Kier alpha value is -1.56. The van der Waals surface area contributed by atoms with Crippen molar-refractivity contribution in [3.63, 3.8) is 0 Å². The standard InChI is InChI=1S/C16H21FN2/c1-2-3-12-4-7-15(8-5-12)19-16-9-6-14(17)10-13(16)11-18/h6,9-10,12,15,19H,2-5,7-8H2,1H3. The number of hydrogen-bond donors (Lipinski definition) is 1. The highest BCUT2D eigenvalue weighted by molar-refractivity contribution is 5.57. The number of hydrogen-bond acceptors (Lipinski definition) is 2. The van der Waals surface area contributed by atoms with Crippen LogP contribution in [0.25, 0.3) is 0 Å². The third-order valence-corrected chi connectivity index (χ3v) is 4.01. The second-order valence-electron chi connectivity index (χ2n) is 5.45. The van der Waals surface area contributed by atoms with Crippen molar-refractivity contribution < 1.29 is 4.39 Å². The zero-order valence-corrected chi connectivity index (χ0v) is 11.5. The maximum Gasteiger partial charge on any atom is 0.124 e. The highest BCUT2D eigenvalue weighted by Gasteiger charge is 2.21. The van der Waals surface area contributed by atoms with Crippen molar-refractivity contribution in [3.05, 3.63) is 29.6 Å². The Morgan fingerprint density at radius 3 is 2.68 bits per heavy atom. The molecule has 1 aliphatic carbocycles. The molecule has 1 saturated carbocycles. The van der Waals surface area contributed by atoms with Crippen LogP contribution < -0.4 is 5.32 Å². The van der Waals surface area contributed by atoms with E-state index in [1.54, 1.807) is 6.07 Å². The van der Waals surface area contributed by atoms with Crippen molar-refractivity contribution in [1.29, 1.82) is 5.26 Å². The van der Waals surface area contributed by atoms with Crippen molar-refractivity contribution in [3.8, 4) is 6.07 Å². The van der Waals surface area contributed by atoms with E-state index < -0.39 is 0 Å². The van der Waals surface area contributed by atoms with E-state index in [2.05, 4.69) is 18.3 Å². The summed E-state index contributed by atoms with van der Waals surface area (Å²) in [5.41, 5.74) is 1.17. The largest absolute Gasteiger partial charge is 0.381 e. The number of benzene rings is 1. The maximum atomic E-state index is 13.1. The molecule has 3 heteroatoms. The summed E-state index contributed by atoms with van der Waals surface area (Å²) < 4.78 is 13.1. The minimum atomic E-state index is -0.353. The summed E-state index contributed by atoms with van der Waals surface area (Å²) in [5, 5.41) is 12.4. The van der Waals surface area contributed by atoms with Gasteiger partial charge in [0.05, 0.1) is 11.3 Å². The molecule has 0 heterocycles. The van der Waals surface area contributed by atoms with E-state index in [4.69, 9.17) is 5.26 Å². The normalized spacial score (nSPS) is 22.8. The van der Waals surface area contributed by atoms with Crippen LogP contribution in [0.1, 0.15) is 51.0 Å². The summed E-state index contributed by atoms with van der Waals surface area (Å²) >= 11 is 0. The zero-order chi connectivity index (χ0) is 13.7. The minimum Gasteiger partial charge on any atom is -0.381 e. The van der Waals surface area contributed by atoms with E-state index in [9.17, 15) is 4.39 Å². The molecular formula is C16H21FN2. The molecule has 1 aliphatic rings. The number of anilines is 1. The highest BCUT2D eigenvalue weighted by atomic mass is 19.1. The van der Waals surface area contributed by atoms with Crippen molar-refractivity contribution in [2.24, 2.45) is 5.92 Å². The smallest absolute Gasteiger partial charge is 0.124 e. The molecule has 0 saturated heterocycles. The van der Waals surface area contributed by atoms with Gasteiger partial charge in [-0.05, 0) is 49.8 Å². The predicted molar refractivity (Wildman–Crippen MR) is 75.4 cm³/mol. The monoisotopic (exact) mass is 260 g/mol. The Kier molecular flexibility index (Phi) is 4.79. The number of rotatable bonds is 4. The average Bonchev–Trinajstić information content (AvgIpc) is 2.43. The van der Waals surface area contributed by atoms with Crippen LogP contribution in [0.2, 0.25) is 0 Å². The first-order valence-electron chi connectivity index (χ1n) is 7.19. The van der Waals surface area contributed by atoms with Crippen LogP contribution in [0.4, 0.5) is 10.1 Å². The first-order chi connectivity index (χ1) is 9.22. The first kappa shape index (κ1) is 13.9. The summed E-state index contributed by atoms with van der Waals surface area (Å²) in [6.45, 7) is 2.24. The van der Waals surface area contributed by atoms with Gasteiger partial charge in [-0.25, -0.2) is 4.39 Å². The molecule has 0 amide bonds. The first-order valence-corrected chi connectivity index (χ1v) is 7.19. The third-order valence-electron chi connectivity index (χ3n) is 4.01. The van der Waals surface area contributed by atoms with Gasteiger partial charge in [0.25, 0.3) is 0 Å². The molecule has 2 rings (SSSR count). The number of nitriles is 1. The van der Waals surface area contributed by atoms with E-state index in [0.717, 1.165) is 24.4 Å². The summed E-state index contributed by atoms with van der Waals surface area (Å²) in [7, 11) is 0.